The number of nitrogens with zero attached hydrogens (tertiary/aromatic N) is 2. The first-order valence-corrected chi connectivity index (χ1v) is 11.4. The van der Waals surface area contributed by atoms with Crippen LogP contribution < -0.4 is 15.4 Å². The highest BCUT2D eigenvalue weighted by Gasteiger charge is 2.45. The number of hydrogen-bond donors (Lipinski definition) is 2. The number of piperidine rings is 3. The van der Waals surface area contributed by atoms with Gasteiger partial charge in [-0.05, 0) is 56.8 Å². The summed E-state index contributed by atoms with van der Waals surface area (Å²) < 4.78 is 5.83. The van der Waals surface area contributed by atoms with Gasteiger partial charge in [-0.15, -0.1) is 24.8 Å². The molecule has 6 nitrogen and oxygen atoms in total. The van der Waals surface area contributed by atoms with Gasteiger partial charge in [0, 0.05) is 37.3 Å². The molecule has 0 spiro atoms. The minimum absolute atomic E-state index is 0. The quantitative estimate of drug-likeness (QED) is 0.706. The Morgan fingerprint density at radius 2 is 1.97 bits per heavy atom. The summed E-state index contributed by atoms with van der Waals surface area (Å²) in [7, 11) is 0. The van der Waals surface area contributed by atoms with E-state index in [4.69, 9.17) is 4.74 Å². The number of para-hydroxylation sites is 1. The first-order chi connectivity index (χ1) is 14.3. The lowest BCUT2D eigenvalue weighted by atomic mass is 9.73. The fourth-order valence-corrected chi connectivity index (χ4v) is 6.04. The van der Waals surface area contributed by atoms with E-state index < -0.39 is 0 Å². The van der Waals surface area contributed by atoms with Crippen LogP contribution in [0.25, 0.3) is 0 Å². The maximum atomic E-state index is 12.8. The number of fused-ring (bicyclic) bond motifs is 5. The standard InChI is InChI=1S/C23H34N4O2.2ClH/c28-23(16-26-9-10-29-22-7-2-1-5-17(22)15-26)25-14-21-19-11-18(12-24-13-19)20-6-3-4-8-27(20)21;;/h1-2,5,7,18-21,24H,3-4,6,8-16H2,(H,25,28);2*1H/t18-,19+,20+,21+;;/m1../s1. The van der Waals surface area contributed by atoms with E-state index >= 15 is 0 Å². The van der Waals surface area contributed by atoms with E-state index in [-0.39, 0.29) is 30.7 Å². The van der Waals surface area contributed by atoms with Gasteiger partial charge in [-0.2, -0.15) is 0 Å². The molecule has 0 unspecified atom stereocenters. The van der Waals surface area contributed by atoms with Crippen molar-refractivity contribution in [3.63, 3.8) is 0 Å². The van der Waals surface area contributed by atoms with Crippen LogP contribution in [-0.2, 0) is 11.3 Å². The maximum absolute atomic E-state index is 12.8. The molecule has 0 aromatic heterocycles. The molecule has 0 radical (unpaired) electrons. The van der Waals surface area contributed by atoms with Crippen LogP contribution in [0, 0.1) is 11.8 Å². The van der Waals surface area contributed by atoms with Gasteiger partial charge in [0.2, 0.25) is 5.91 Å². The van der Waals surface area contributed by atoms with Gasteiger partial charge < -0.3 is 15.4 Å². The molecule has 2 bridgehead atoms. The van der Waals surface area contributed by atoms with Crippen molar-refractivity contribution >= 4 is 30.7 Å². The van der Waals surface area contributed by atoms with Crippen molar-refractivity contribution in [3.8, 4) is 5.75 Å². The zero-order chi connectivity index (χ0) is 19.6. The van der Waals surface area contributed by atoms with Crippen LogP contribution in [-0.4, -0.2) is 73.7 Å². The van der Waals surface area contributed by atoms with Crippen molar-refractivity contribution in [2.75, 3.05) is 45.9 Å². The Morgan fingerprint density at radius 3 is 2.87 bits per heavy atom. The number of nitrogens with one attached hydrogen (secondary N) is 2. The van der Waals surface area contributed by atoms with Crippen molar-refractivity contribution in [2.24, 2.45) is 11.8 Å². The SMILES string of the molecule is Cl.Cl.O=C(CN1CCOc2ccccc2C1)NC[C@H]1[C@@H]2CNC[C@@H](C2)[C@@H]2CCCCN21. The lowest BCUT2D eigenvalue weighted by Gasteiger charge is -2.55. The zero-order valence-electron chi connectivity index (χ0n) is 18.1. The third-order valence-electron chi connectivity index (χ3n) is 7.43. The largest absolute Gasteiger partial charge is 0.492 e. The van der Waals surface area contributed by atoms with Crippen LogP contribution in [0.5, 0.6) is 5.75 Å². The Morgan fingerprint density at radius 1 is 1.13 bits per heavy atom. The van der Waals surface area contributed by atoms with E-state index in [2.05, 4.69) is 26.5 Å². The smallest absolute Gasteiger partial charge is 0.234 e. The molecule has 2 N–H and O–H groups in total. The van der Waals surface area contributed by atoms with Crippen LogP contribution in [0.15, 0.2) is 24.3 Å². The zero-order valence-corrected chi connectivity index (χ0v) is 19.8. The van der Waals surface area contributed by atoms with Gasteiger partial charge in [-0.3, -0.25) is 14.6 Å². The van der Waals surface area contributed by atoms with Crippen LogP contribution >= 0.6 is 24.8 Å². The van der Waals surface area contributed by atoms with Gasteiger partial charge in [-0.1, -0.05) is 24.6 Å². The molecular weight excluding hydrogens is 435 g/mol. The first-order valence-electron chi connectivity index (χ1n) is 11.4. The van der Waals surface area contributed by atoms with Crippen LogP contribution in [0.4, 0.5) is 0 Å². The van der Waals surface area contributed by atoms with Gasteiger partial charge in [0.1, 0.15) is 12.4 Å². The van der Waals surface area contributed by atoms with E-state index in [9.17, 15) is 4.79 Å². The molecule has 5 rings (SSSR count). The van der Waals surface area contributed by atoms with E-state index in [1.165, 1.54) is 44.3 Å². The fraction of sp³-hybridized carbons (Fsp3) is 0.696. The topological polar surface area (TPSA) is 56.8 Å². The van der Waals surface area contributed by atoms with Crippen LogP contribution in [0.1, 0.15) is 31.2 Å². The number of hydrogen-bond acceptors (Lipinski definition) is 5. The van der Waals surface area contributed by atoms with E-state index in [0.29, 0.717) is 31.2 Å². The minimum Gasteiger partial charge on any atom is -0.492 e. The third-order valence-corrected chi connectivity index (χ3v) is 7.43. The van der Waals surface area contributed by atoms with Crippen LogP contribution in [0.2, 0.25) is 0 Å². The van der Waals surface area contributed by atoms with Crippen LogP contribution in [0.3, 0.4) is 0 Å². The van der Waals surface area contributed by atoms with Gasteiger partial charge in [0.15, 0.2) is 0 Å². The summed E-state index contributed by atoms with van der Waals surface area (Å²) in [5.41, 5.74) is 1.17. The molecule has 3 fully saturated rings. The number of carbonyl (C=O) groups excluding carboxylic acids is 1. The predicted octanol–water partition coefficient (Wildman–Crippen LogP) is 2.30. The maximum Gasteiger partial charge on any atom is 0.234 e. The molecule has 174 valence electrons. The van der Waals surface area contributed by atoms with Gasteiger partial charge in [-0.25, -0.2) is 0 Å². The molecule has 1 aromatic rings. The molecule has 4 aliphatic rings. The second-order valence-corrected chi connectivity index (χ2v) is 9.25. The first kappa shape index (κ1) is 24.6. The van der Waals surface area contributed by atoms with E-state index in [0.717, 1.165) is 37.8 Å². The highest BCUT2D eigenvalue weighted by molar-refractivity contribution is 5.85. The molecule has 4 heterocycles. The fourth-order valence-electron chi connectivity index (χ4n) is 6.04. The summed E-state index contributed by atoms with van der Waals surface area (Å²) in [6.07, 6.45) is 5.33. The normalized spacial score (nSPS) is 30.3. The average Bonchev–Trinajstić information content (AvgIpc) is 2.95. The van der Waals surface area contributed by atoms with Crippen molar-refractivity contribution < 1.29 is 9.53 Å². The number of halogens is 2. The molecule has 8 heteroatoms. The molecule has 4 atom stereocenters. The Kier molecular flexibility index (Phi) is 8.88. The lowest BCUT2D eigenvalue weighted by Crippen LogP contribution is -2.65. The average molecular weight is 471 g/mol. The summed E-state index contributed by atoms with van der Waals surface area (Å²) >= 11 is 0. The number of rotatable bonds is 4. The molecule has 3 saturated heterocycles. The monoisotopic (exact) mass is 470 g/mol. The summed E-state index contributed by atoms with van der Waals surface area (Å²) in [6.45, 7) is 6.91. The molecule has 1 aromatic carbocycles. The highest BCUT2D eigenvalue weighted by Crippen LogP contribution is 2.38. The van der Waals surface area contributed by atoms with Gasteiger partial charge >= 0.3 is 0 Å². The second kappa shape index (κ2) is 11.2. The molecule has 31 heavy (non-hydrogen) atoms. The van der Waals surface area contributed by atoms with Crippen molar-refractivity contribution in [1.29, 1.82) is 0 Å². The minimum atomic E-state index is 0. The molecule has 0 saturated carbocycles. The number of benzene rings is 1. The van der Waals surface area contributed by atoms with Gasteiger partial charge in [0.25, 0.3) is 0 Å². The van der Waals surface area contributed by atoms with Gasteiger partial charge in [0.05, 0.1) is 6.54 Å². The Labute approximate surface area is 198 Å². The Hall–Kier alpha value is -1.05. The lowest BCUT2D eigenvalue weighted by molar-refractivity contribution is -0.123. The summed E-state index contributed by atoms with van der Waals surface area (Å²) in [4.78, 5) is 17.7. The summed E-state index contributed by atoms with van der Waals surface area (Å²) in [6, 6.07) is 9.36. The summed E-state index contributed by atoms with van der Waals surface area (Å²) in [5, 5.41) is 6.95. The number of amides is 1. The third kappa shape index (κ3) is 5.48. The number of ether oxygens (including phenoxy) is 1. The second-order valence-electron chi connectivity index (χ2n) is 9.25. The number of carbonyl (C=O) groups is 1. The molecule has 0 aliphatic carbocycles. The van der Waals surface area contributed by atoms with E-state index in [1.807, 2.05) is 18.2 Å². The van der Waals surface area contributed by atoms with Crippen molar-refractivity contribution in [2.45, 2.75) is 44.3 Å². The van der Waals surface area contributed by atoms with Crippen molar-refractivity contribution in [3.05, 3.63) is 29.8 Å². The Balaban J connectivity index is 0.00000136. The Bertz CT molecular complexity index is 737. The summed E-state index contributed by atoms with van der Waals surface area (Å²) in [5.74, 6) is 2.57. The van der Waals surface area contributed by atoms with E-state index in [1.54, 1.807) is 0 Å². The highest BCUT2D eigenvalue weighted by atomic mass is 35.5. The molecular formula is C23H36Cl2N4O2. The predicted molar refractivity (Wildman–Crippen MR) is 127 cm³/mol. The molecule has 1 amide bonds. The van der Waals surface area contributed by atoms with Crippen molar-refractivity contribution in [1.82, 2.24) is 20.4 Å². The molecule has 4 aliphatic heterocycles.